The number of amides is 2. The molecule has 0 aliphatic heterocycles. The van der Waals surface area contributed by atoms with Gasteiger partial charge in [-0.1, -0.05) is 18.2 Å². The minimum atomic E-state index is -0.427. The van der Waals surface area contributed by atoms with Crippen molar-refractivity contribution in [3.63, 3.8) is 0 Å². The van der Waals surface area contributed by atoms with Crippen LogP contribution >= 0.6 is 11.3 Å². The molecule has 5 aromatic rings. The summed E-state index contributed by atoms with van der Waals surface area (Å²) in [4.78, 5) is 22.2. The number of carbonyl (C=O) groups excluding carboxylic acids is 1. The Bertz CT molecular complexity index is 1480. The molecule has 0 saturated heterocycles. The van der Waals surface area contributed by atoms with Crippen molar-refractivity contribution in [3.05, 3.63) is 64.7 Å². The van der Waals surface area contributed by atoms with Gasteiger partial charge < -0.3 is 15.5 Å². The van der Waals surface area contributed by atoms with E-state index in [1.54, 1.807) is 17.5 Å². The molecule has 32 heavy (non-hydrogen) atoms. The standard InChI is InChI=1S/C24H21N5O2S/c1-12-10-13(2)21-17(11-12)28-24(31-21)29-23(30)27-16-6-4-15(5-7-16)19-14(3)32-18-8-9-26-22(25)20(18)19/h4-11H,1-3H3,(H2,25,26)(H2,27,28,29,30). The molecule has 0 radical (unpaired) electrons. The van der Waals surface area contributed by atoms with E-state index in [-0.39, 0.29) is 6.01 Å². The van der Waals surface area contributed by atoms with E-state index in [0.717, 1.165) is 32.3 Å². The monoisotopic (exact) mass is 443 g/mol. The molecule has 0 unspecified atom stereocenters. The highest BCUT2D eigenvalue weighted by Crippen LogP contribution is 2.40. The van der Waals surface area contributed by atoms with E-state index in [1.165, 1.54) is 4.88 Å². The van der Waals surface area contributed by atoms with Crippen molar-refractivity contribution in [1.82, 2.24) is 9.97 Å². The molecular weight excluding hydrogens is 422 g/mol. The maximum absolute atomic E-state index is 12.5. The number of nitrogens with two attached hydrogens (primary N) is 1. The number of nitrogen functional groups attached to an aromatic ring is 1. The lowest BCUT2D eigenvalue weighted by molar-refractivity contribution is 0.261. The fourth-order valence-electron chi connectivity index (χ4n) is 3.95. The Hall–Kier alpha value is -3.91. The number of nitrogens with one attached hydrogen (secondary N) is 2. The molecule has 0 fully saturated rings. The van der Waals surface area contributed by atoms with E-state index in [9.17, 15) is 4.79 Å². The first-order valence-corrected chi connectivity index (χ1v) is 10.9. The fraction of sp³-hybridized carbons (Fsp3) is 0.125. The molecular formula is C24H21N5O2S. The number of aryl methyl sites for hydroxylation is 3. The summed E-state index contributed by atoms with van der Waals surface area (Å²) in [5.41, 5.74) is 12.3. The van der Waals surface area contributed by atoms with Gasteiger partial charge in [0.15, 0.2) is 5.58 Å². The molecule has 0 atom stereocenters. The average Bonchev–Trinajstić information content (AvgIpc) is 3.29. The van der Waals surface area contributed by atoms with E-state index in [4.69, 9.17) is 10.2 Å². The summed E-state index contributed by atoms with van der Waals surface area (Å²) in [6.07, 6.45) is 1.72. The number of fused-ring (bicyclic) bond motifs is 2. The van der Waals surface area contributed by atoms with Crippen LogP contribution in [0.15, 0.2) is 53.1 Å². The number of rotatable bonds is 3. The van der Waals surface area contributed by atoms with Crippen LogP contribution in [0.4, 0.5) is 22.3 Å². The number of urea groups is 1. The Morgan fingerprint density at radius 2 is 1.84 bits per heavy atom. The third kappa shape index (κ3) is 3.54. The van der Waals surface area contributed by atoms with Crippen LogP contribution in [-0.2, 0) is 0 Å². The largest absolute Gasteiger partial charge is 0.423 e. The first-order chi connectivity index (χ1) is 15.4. The molecule has 2 aromatic carbocycles. The van der Waals surface area contributed by atoms with Crippen molar-refractivity contribution >= 4 is 56.1 Å². The quantitative estimate of drug-likeness (QED) is 0.305. The number of anilines is 3. The van der Waals surface area contributed by atoms with Crippen LogP contribution < -0.4 is 16.4 Å². The van der Waals surface area contributed by atoms with Crippen LogP contribution in [0.25, 0.3) is 32.3 Å². The lowest BCUT2D eigenvalue weighted by Gasteiger charge is -2.08. The molecule has 0 spiro atoms. The SMILES string of the molecule is Cc1cc(C)c2oc(NC(=O)Nc3ccc(-c4c(C)sc5ccnc(N)c45)cc3)nc2c1. The lowest BCUT2D eigenvalue weighted by atomic mass is 10.0. The third-order valence-corrected chi connectivity index (χ3v) is 6.35. The van der Waals surface area contributed by atoms with Crippen LogP contribution in [0.3, 0.4) is 0 Å². The highest BCUT2D eigenvalue weighted by atomic mass is 32.1. The molecule has 8 heteroatoms. The summed E-state index contributed by atoms with van der Waals surface area (Å²) in [7, 11) is 0. The van der Waals surface area contributed by atoms with Crippen LogP contribution in [0.1, 0.15) is 16.0 Å². The predicted octanol–water partition coefficient (Wildman–Crippen LogP) is 6.26. The van der Waals surface area contributed by atoms with Gasteiger partial charge in [0.05, 0.1) is 0 Å². The predicted molar refractivity (Wildman–Crippen MR) is 130 cm³/mol. The molecule has 2 amide bonds. The zero-order valence-corrected chi connectivity index (χ0v) is 18.6. The van der Waals surface area contributed by atoms with Gasteiger partial charge in [-0.2, -0.15) is 4.98 Å². The van der Waals surface area contributed by atoms with E-state index in [2.05, 4.69) is 27.5 Å². The topological polar surface area (TPSA) is 106 Å². The van der Waals surface area contributed by atoms with Gasteiger partial charge in [-0.25, -0.2) is 9.78 Å². The number of benzene rings is 2. The highest BCUT2D eigenvalue weighted by Gasteiger charge is 2.15. The molecule has 5 rings (SSSR count). The van der Waals surface area contributed by atoms with Gasteiger partial charge >= 0.3 is 12.0 Å². The Kier molecular flexibility index (Phi) is 4.79. The minimum Gasteiger partial charge on any atom is -0.423 e. The average molecular weight is 444 g/mol. The summed E-state index contributed by atoms with van der Waals surface area (Å²) in [5, 5.41) is 6.44. The van der Waals surface area contributed by atoms with E-state index >= 15 is 0 Å². The number of hydrogen-bond acceptors (Lipinski definition) is 6. The molecule has 160 valence electrons. The van der Waals surface area contributed by atoms with E-state index in [0.29, 0.717) is 22.6 Å². The van der Waals surface area contributed by atoms with Gasteiger partial charge in [0.1, 0.15) is 11.3 Å². The number of thiophene rings is 1. The summed E-state index contributed by atoms with van der Waals surface area (Å²) >= 11 is 1.69. The van der Waals surface area contributed by atoms with Crippen LogP contribution in [0.2, 0.25) is 0 Å². The number of hydrogen-bond donors (Lipinski definition) is 3. The van der Waals surface area contributed by atoms with Crippen molar-refractivity contribution < 1.29 is 9.21 Å². The summed E-state index contributed by atoms with van der Waals surface area (Å²) in [5.74, 6) is 0.521. The van der Waals surface area contributed by atoms with Gasteiger partial charge in [-0.05, 0) is 61.7 Å². The van der Waals surface area contributed by atoms with Gasteiger partial charge in [0.25, 0.3) is 0 Å². The molecule has 0 saturated carbocycles. The smallest absolute Gasteiger partial charge is 0.327 e. The van der Waals surface area contributed by atoms with E-state index < -0.39 is 6.03 Å². The maximum atomic E-state index is 12.5. The van der Waals surface area contributed by atoms with Crippen molar-refractivity contribution in [2.24, 2.45) is 0 Å². The second kappa shape index (κ2) is 7.65. The Morgan fingerprint density at radius 1 is 1.06 bits per heavy atom. The van der Waals surface area contributed by atoms with Gasteiger partial charge in [-0.3, -0.25) is 5.32 Å². The van der Waals surface area contributed by atoms with Crippen molar-refractivity contribution in [3.8, 4) is 11.1 Å². The lowest BCUT2D eigenvalue weighted by Crippen LogP contribution is -2.19. The molecule has 3 aromatic heterocycles. The zero-order valence-electron chi connectivity index (χ0n) is 17.8. The van der Waals surface area contributed by atoms with Gasteiger partial charge in [0.2, 0.25) is 0 Å². The van der Waals surface area contributed by atoms with Crippen molar-refractivity contribution in [1.29, 1.82) is 0 Å². The van der Waals surface area contributed by atoms with Crippen LogP contribution in [-0.4, -0.2) is 16.0 Å². The molecule has 0 aliphatic rings. The fourth-order valence-corrected chi connectivity index (χ4v) is 5.03. The Labute approximate surface area is 188 Å². The summed E-state index contributed by atoms with van der Waals surface area (Å²) < 4.78 is 6.80. The van der Waals surface area contributed by atoms with Crippen molar-refractivity contribution in [2.45, 2.75) is 20.8 Å². The minimum absolute atomic E-state index is 0.158. The van der Waals surface area contributed by atoms with Gasteiger partial charge in [-0.15, -0.1) is 11.3 Å². The normalized spacial score (nSPS) is 11.2. The molecule has 4 N–H and O–H groups in total. The van der Waals surface area contributed by atoms with E-state index in [1.807, 2.05) is 56.3 Å². The first-order valence-electron chi connectivity index (χ1n) is 10.1. The maximum Gasteiger partial charge on any atom is 0.327 e. The second-order valence-electron chi connectivity index (χ2n) is 7.71. The molecule has 3 heterocycles. The zero-order chi connectivity index (χ0) is 22.4. The number of carbonyl (C=O) groups is 1. The van der Waals surface area contributed by atoms with Gasteiger partial charge in [0, 0.05) is 32.4 Å². The number of nitrogens with zero attached hydrogens (tertiary/aromatic N) is 2. The number of aromatic nitrogens is 2. The molecule has 0 aliphatic carbocycles. The number of pyridine rings is 1. The van der Waals surface area contributed by atoms with Crippen LogP contribution in [0, 0.1) is 20.8 Å². The second-order valence-corrected chi connectivity index (χ2v) is 8.96. The summed E-state index contributed by atoms with van der Waals surface area (Å²) in [6, 6.07) is 13.3. The first kappa shape index (κ1) is 20.0. The Balaban J connectivity index is 1.35. The van der Waals surface area contributed by atoms with Crippen molar-refractivity contribution in [2.75, 3.05) is 16.4 Å². The number of oxazole rings is 1. The molecule has 0 bridgehead atoms. The van der Waals surface area contributed by atoms with Crippen LogP contribution in [0.5, 0.6) is 0 Å². The Morgan fingerprint density at radius 3 is 2.62 bits per heavy atom. The summed E-state index contributed by atoms with van der Waals surface area (Å²) in [6.45, 7) is 6.02. The molecule has 7 nitrogen and oxygen atoms in total. The highest BCUT2D eigenvalue weighted by molar-refractivity contribution is 7.19. The third-order valence-electron chi connectivity index (χ3n) is 5.28.